The summed E-state index contributed by atoms with van der Waals surface area (Å²) in [5.74, 6) is 0. The molecule has 0 aliphatic rings. The first-order valence-corrected chi connectivity index (χ1v) is 9.40. The van der Waals surface area contributed by atoms with Gasteiger partial charge < -0.3 is 0 Å². The Balaban J connectivity index is 2.04. The van der Waals surface area contributed by atoms with Crippen LogP contribution in [0.2, 0.25) is 0 Å². The zero-order chi connectivity index (χ0) is 20.4. The van der Waals surface area contributed by atoms with Crippen LogP contribution in [0.4, 0.5) is 22.0 Å². The predicted molar refractivity (Wildman–Crippen MR) is 84.6 cm³/mol. The van der Waals surface area contributed by atoms with Crippen molar-refractivity contribution >= 4 is 10.0 Å². The topological polar surface area (TPSA) is 81.8 Å². The summed E-state index contributed by atoms with van der Waals surface area (Å²) in [6.45, 7) is -0.0727. The maximum absolute atomic E-state index is 12.6. The lowest BCUT2D eigenvalue weighted by molar-refractivity contribution is -0.141. The fraction of sp³-hybridized carbons (Fsp3) is 0.571. The summed E-state index contributed by atoms with van der Waals surface area (Å²) in [6.07, 6.45) is -2.07. The van der Waals surface area contributed by atoms with Crippen molar-refractivity contribution in [1.29, 1.82) is 0 Å². The van der Waals surface area contributed by atoms with Crippen LogP contribution in [0.5, 0.6) is 0 Å². The van der Waals surface area contributed by atoms with Crippen molar-refractivity contribution in [1.82, 2.24) is 24.3 Å². The fourth-order valence-corrected chi connectivity index (χ4v) is 3.70. The van der Waals surface area contributed by atoms with E-state index in [1.54, 1.807) is 6.92 Å². The van der Waals surface area contributed by atoms with Crippen molar-refractivity contribution in [2.45, 2.75) is 50.4 Å². The van der Waals surface area contributed by atoms with Gasteiger partial charge in [-0.05, 0) is 25.8 Å². The summed E-state index contributed by atoms with van der Waals surface area (Å²) in [7, 11) is -4.08. The SMILES string of the molecule is CCC(CCNS(=O)(=O)c1cn(C(F)F)nc1C)n1ccc(C(F)(F)F)n1. The van der Waals surface area contributed by atoms with Gasteiger partial charge in [-0.2, -0.15) is 32.1 Å². The van der Waals surface area contributed by atoms with E-state index in [2.05, 4.69) is 14.9 Å². The van der Waals surface area contributed by atoms with Crippen LogP contribution in [-0.2, 0) is 16.2 Å². The van der Waals surface area contributed by atoms with Crippen LogP contribution in [0.15, 0.2) is 23.4 Å². The van der Waals surface area contributed by atoms with Crippen molar-refractivity contribution in [2.75, 3.05) is 6.54 Å². The lowest BCUT2D eigenvalue weighted by Crippen LogP contribution is -2.27. The van der Waals surface area contributed by atoms with Crippen molar-refractivity contribution in [2.24, 2.45) is 0 Å². The molecule has 1 unspecified atom stereocenters. The van der Waals surface area contributed by atoms with Crippen LogP contribution in [0.25, 0.3) is 0 Å². The van der Waals surface area contributed by atoms with Gasteiger partial charge >= 0.3 is 12.7 Å². The smallest absolute Gasteiger partial charge is 0.269 e. The number of aromatic nitrogens is 4. The number of sulfonamides is 1. The van der Waals surface area contributed by atoms with E-state index < -0.39 is 34.5 Å². The summed E-state index contributed by atoms with van der Waals surface area (Å²) in [5.41, 5.74) is -1.12. The maximum atomic E-state index is 12.6. The van der Waals surface area contributed by atoms with E-state index in [1.165, 1.54) is 13.1 Å². The highest BCUT2D eigenvalue weighted by molar-refractivity contribution is 7.89. The van der Waals surface area contributed by atoms with Crippen molar-refractivity contribution < 1.29 is 30.4 Å². The predicted octanol–water partition coefficient (Wildman–Crippen LogP) is 3.12. The molecule has 13 heteroatoms. The van der Waals surface area contributed by atoms with E-state index in [1.807, 2.05) is 0 Å². The molecule has 2 aromatic rings. The minimum absolute atomic E-state index is 0.0864. The molecule has 7 nitrogen and oxygen atoms in total. The highest BCUT2D eigenvalue weighted by atomic mass is 32.2. The van der Waals surface area contributed by atoms with Gasteiger partial charge in [-0.3, -0.25) is 4.68 Å². The van der Waals surface area contributed by atoms with Crippen LogP contribution in [0.3, 0.4) is 0 Å². The van der Waals surface area contributed by atoms with Gasteiger partial charge in [0, 0.05) is 12.7 Å². The second kappa shape index (κ2) is 7.92. The molecular formula is C14H18F5N5O2S. The number of nitrogens with one attached hydrogen (secondary N) is 1. The molecule has 0 aliphatic carbocycles. The van der Waals surface area contributed by atoms with Gasteiger partial charge in [-0.1, -0.05) is 6.92 Å². The minimum atomic E-state index is -4.56. The number of halogens is 5. The molecule has 1 N–H and O–H groups in total. The second-order valence-electron chi connectivity index (χ2n) is 5.76. The summed E-state index contributed by atoms with van der Waals surface area (Å²) < 4.78 is 91.3. The first-order chi connectivity index (χ1) is 12.5. The number of hydrogen-bond donors (Lipinski definition) is 1. The molecule has 152 valence electrons. The fourth-order valence-electron chi connectivity index (χ4n) is 2.48. The summed E-state index contributed by atoms with van der Waals surface area (Å²) >= 11 is 0. The molecule has 0 aliphatic heterocycles. The minimum Gasteiger partial charge on any atom is -0.269 e. The quantitative estimate of drug-likeness (QED) is 0.672. The van der Waals surface area contributed by atoms with Gasteiger partial charge in [-0.25, -0.2) is 17.8 Å². The Morgan fingerprint density at radius 3 is 2.37 bits per heavy atom. The highest BCUT2D eigenvalue weighted by Gasteiger charge is 2.34. The molecule has 0 fully saturated rings. The Kier molecular flexibility index (Phi) is 6.24. The van der Waals surface area contributed by atoms with Crippen molar-refractivity contribution in [3.8, 4) is 0 Å². The van der Waals surface area contributed by atoms with E-state index in [0.717, 1.165) is 16.9 Å². The largest absolute Gasteiger partial charge is 0.435 e. The van der Waals surface area contributed by atoms with Gasteiger partial charge in [0.1, 0.15) is 4.90 Å². The van der Waals surface area contributed by atoms with Crippen molar-refractivity contribution in [3.63, 3.8) is 0 Å². The average molecular weight is 415 g/mol. The number of aryl methyl sites for hydroxylation is 1. The summed E-state index contributed by atoms with van der Waals surface area (Å²) in [5, 5.41) is 6.92. The molecule has 0 aromatic carbocycles. The van der Waals surface area contributed by atoms with E-state index in [-0.39, 0.29) is 28.2 Å². The monoisotopic (exact) mass is 415 g/mol. The van der Waals surface area contributed by atoms with Crippen LogP contribution in [-0.4, -0.2) is 34.5 Å². The molecular weight excluding hydrogens is 397 g/mol. The number of hydrogen-bond acceptors (Lipinski definition) is 4. The number of alkyl halides is 5. The standard InChI is InChI=1S/C14H18F5N5O2S/c1-3-10(23-7-5-12(22-23)14(17,18)19)4-6-20-27(25,26)11-8-24(13(15)16)21-9(11)2/h5,7-8,10,13,20H,3-4,6H2,1-2H3. The van der Waals surface area contributed by atoms with Crippen LogP contribution < -0.4 is 4.72 Å². The van der Waals surface area contributed by atoms with E-state index >= 15 is 0 Å². The Labute approximate surface area is 152 Å². The van der Waals surface area contributed by atoms with Gasteiger partial charge in [0.05, 0.1) is 17.9 Å². The Morgan fingerprint density at radius 1 is 1.22 bits per heavy atom. The Bertz CT molecular complexity index is 875. The maximum Gasteiger partial charge on any atom is 0.435 e. The van der Waals surface area contributed by atoms with Crippen LogP contribution in [0, 0.1) is 6.92 Å². The van der Waals surface area contributed by atoms with E-state index in [0.29, 0.717) is 6.42 Å². The average Bonchev–Trinajstić information content (AvgIpc) is 3.18. The second-order valence-corrected chi connectivity index (χ2v) is 7.50. The molecule has 0 saturated heterocycles. The zero-order valence-corrected chi connectivity index (χ0v) is 15.2. The Hall–Kier alpha value is -2.02. The van der Waals surface area contributed by atoms with Gasteiger partial charge in [-0.15, -0.1) is 0 Å². The van der Waals surface area contributed by atoms with Crippen molar-refractivity contribution in [3.05, 3.63) is 29.8 Å². The van der Waals surface area contributed by atoms with E-state index in [9.17, 15) is 30.4 Å². The number of rotatable bonds is 8. The lowest BCUT2D eigenvalue weighted by atomic mass is 10.1. The molecule has 27 heavy (non-hydrogen) atoms. The first-order valence-electron chi connectivity index (χ1n) is 7.91. The summed E-state index contributed by atoms with van der Waals surface area (Å²) in [4.78, 5) is -0.380. The zero-order valence-electron chi connectivity index (χ0n) is 14.4. The molecule has 0 saturated carbocycles. The third-order valence-corrected chi connectivity index (χ3v) is 5.44. The van der Waals surface area contributed by atoms with Gasteiger partial charge in [0.2, 0.25) is 10.0 Å². The van der Waals surface area contributed by atoms with E-state index in [4.69, 9.17) is 0 Å². The molecule has 2 rings (SSSR count). The Morgan fingerprint density at radius 2 is 1.89 bits per heavy atom. The highest BCUT2D eigenvalue weighted by Crippen LogP contribution is 2.28. The third kappa shape index (κ3) is 5.03. The third-order valence-electron chi connectivity index (χ3n) is 3.87. The molecule has 0 radical (unpaired) electrons. The molecule has 1 atom stereocenters. The van der Waals surface area contributed by atoms with Gasteiger partial charge in [0.15, 0.2) is 5.69 Å². The lowest BCUT2D eigenvalue weighted by Gasteiger charge is -2.16. The van der Waals surface area contributed by atoms with Crippen LogP contribution in [0.1, 0.15) is 43.7 Å². The molecule has 2 aromatic heterocycles. The first kappa shape index (κ1) is 21.3. The summed E-state index contributed by atoms with van der Waals surface area (Å²) in [6, 6.07) is 0.378. The van der Waals surface area contributed by atoms with Gasteiger partial charge in [0.25, 0.3) is 0 Å². The molecule has 0 bridgehead atoms. The van der Waals surface area contributed by atoms with Crippen LogP contribution >= 0.6 is 0 Å². The molecule has 0 amide bonds. The molecule has 2 heterocycles. The number of nitrogens with zero attached hydrogens (tertiary/aromatic N) is 4. The normalized spacial score (nSPS) is 14.1. The molecule has 0 spiro atoms.